The third kappa shape index (κ3) is 5.56. The molecule has 1 aromatic rings. The first kappa shape index (κ1) is 21.6. The van der Waals surface area contributed by atoms with Gasteiger partial charge in [0.2, 0.25) is 5.76 Å². The molecule has 5 nitrogen and oxygen atoms in total. The summed E-state index contributed by atoms with van der Waals surface area (Å²) in [6.07, 6.45) is 1.19. The fraction of sp³-hybridized carbons (Fsp3) is 0.450. The highest BCUT2D eigenvalue weighted by molar-refractivity contribution is 6.87. The molecule has 0 fully saturated rings. The van der Waals surface area contributed by atoms with Gasteiger partial charge in [-0.1, -0.05) is 26.7 Å². The number of carbonyl (C=O) groups excluding carboxylic acids is 1. The Morgan fingerprint density at radius 3 is 2.23 bits per heavy atom. The Balaban J connectivity index is 3.25. The van der Waals surface area contributed by atoms with Crippen LogP contribution in [0.3, 0.4) is 0 Å². The maximum Gasteiger partial charge on any atom is 0.377 e. The molecule has 26 heavy (non-hydrogen) atoms. The lowest BCUT2D eigenvalue weighted by molar-refractivity contribution is -0.138. The van der Waals surface area contributed by atoms with E-state index < -0.39 is 14.0 Å². The second kappa shape index (κ2) is 10.6. The van der Waals surface area contributed by atoms with Crippen LogP contribution in [0.4, 0.5) is 0 Å². The highest BCUT2D eigenvalue weighted by Crippen LogP contribution is 2.30. The number of rotatable bonds is 8. The molecule has 0 radical (unpaired) electrons. The summed E-state index contributed by atoms with van der Waals surface area (Å²) in [5, 5.41) is 0. The summed E-state index contributed by atoms with van der Waals surface area (Å²) in [6, 6.07) is 8.82. The van der Waals surface area contributed by atoms with Gasteiger partial charge in [-0.3, -0.25) is 0 Å². The van der Waals surface area contributed by atoms with E-state index in [0.717, 1.165) is 23.7 Å². The van der Waals surface area contributed by atoms with E-state index in [2.05, 4.69) is 32.2 Å². The standard InChI is InChI=1S/C20H28O5Si/c1-7-26(8-2,9-3)13-12-16-10-11-17(23-5)18(14-16)25-19(15-22-4)20(21)24-6/h10-11,14-15H,7-9H2,1-6H3/b19-15-. The summed E-state index contributed by atoms with van der Waals surface area (Å²) in [6.45, 7) is 6.65. The van der Waals surface area contributed by atoms with Gasteiger partial charge in [0.25, 0.3) is 0 Å². The van der Waals surface area contributed by atoms with Crippen LogP contribution < -0.4 is 9.47 Å². The number of methoxy groups -OCH3 is 3. The van der Waals surface area contributed by atoms with Gasteiger partial charge in [0, 0.05) is 11.6 Å². The summed E-state index contributed by atoms with van der Waals surface area (Å²) in [7, 11) is 2.69. The number of carbonyl (C=O) groups is 1. The molecule has 6 heteroatoms. The highest BCUT2D eigenvalue weighted by Gasteiger charge is 2.24. The SMILES string of the molecule is CC[Si](C#Cc1ccc(OC)c(O/C(=C\OC)C(=O)OC)c1)(CC)CC. The van der Waals surface area contributed by atoms with Crippen LogP contribution in [0.15, 0.2) is 30.2 Å². The minimum atomic E-state index is -1.55. The number of benzene rings is 1. The Hall–Kier alpha value is -2.39. The van der Waals surface area contributed by atoms with Crippen LogP contribution in [0.25, 0.3) is 0 Å². The van der Waals surface area contributed by atoms with Crippen LogP contribution in [0.2, 0.25) is 18.1 Å². The summed E-state index contributed by atoms with van der Waals surface area (Å²) < 4.78 is 20.6. The molecular formula is C20H28O5Si. The molecule has 142 valence electrons. The molecule has 0 aliphatic heterocycles. The maximum atomic E-state index is 11.8. The molecule has 0 spiro atoms. The van der Waals surface area contributed by atoms with Gasteiger partial charge >= 0.3 is 5.97 Å². The van der Waals surface area contributed by atoms with Crippen molar-refractivity contribution in [2.45, 2.75) is 38.9 Å². The molecule has 0 bridgehead atoms. The van der Waals surface area contributed by atoms with Crippen LogP contribution in [0.5, 0.6) is 11.5 Å². The minimum Gasteiger partial charge on any atom is -0.500 e. The first-order chi connectivity index (χ1) is 12.5. The van der Waals surface area contributed by atoms with Gasteiger partial charge in [-0.05, 0) is 30.3 Å². The van der Waals surface area contributed by atoms with E-state index in [1.54, 1.807) is 12.1 Å². The van der Waals surface area contributed by atoms with E-state index >= 15 is 0 Å². The summed E-state index contributed by atoms with van der Waals surface area (Å²) in [5.74, 6) is 3.45. The molecule has 0 saturated heterocycles. The Bertz CT molecular complexity index is 688. The lowest BCUT2D eigenvalue weighted by Crippen LogP contribution is -2.29. The number of hydrogen-bond donors (Lipinski definition) is 0. The van der Waals surface area contributed by atoms with E-state index in [1.807, 2.05) is 6.07 Å². The average molecular weight is 377 g/mol. The van der Waals surface area contributed by atoms with Gasteiger partial charge in [-0.15, -0.1) is 5.54 Å². The second-order valence-electron chi connectivity index (χ2n) is 5.77. The van der Waals surface area contributed by atoms with Crippen LogP contribution in [-0.2, 0) is 14.3 Å². The van der Waals surface area contributed by atoms with Gasteiger partial charge in [0.15, 0.2) is 11.5 Å². The Labute approximate surface area is 157 Å². The molecule has 0 amide bonds. The fourth-order valence-corrected chi connectivity index (χ4v) is 4.93. The fourth-order valence-electron chi connectivity index (χ4n) is 2.49. The molecule has 0 N–H and O–H groups in total. The quantitative estimate of drug-likeness (QED) is 0.224. The zero-order valence-electron chi connectivity index (χ0n) is 16.5. The largest absolute Gasteiger partial charge is 0.500 e. The van der Waals surface area contributed by atoms with Crippen molar-refractivity contribution in [1.29, 1.82) is 0 Å². The first-order valence-electron chi connectivity index (χ1n) is 8.69. The number of hydrogen-bond acceptors (Lipinski definition) is 5. The van der Waals surface area contributed by atoms with Crippen molar-refractivity contribution in [3.8, 4) is 23.0 Å². The van der Waals surface area contributed by atoms with Crippen molar-refractivity contribution < 1.29 is 23.7 Å². The predicted octanol–water partition coefficient (Wildman–Crippen LogP) is 4.13. The van der Waals surface area contributed by atoms with Crippen molar-refractivity contribution in [3.63, 3.8) is 0 Å². The van der Waals surface area contributed by atoms with E-state index in [9.17, 15) is 4.79 Å². The van der Waals surface area contributed by atoms with Crippen molar-refractivity contribution in [1.82, 2.24) is 0 Å². The normalized spacial score (nSPS) is 11.2. The molecule has 0 heterocycles. The molecule has 1 aromatic carbocycles. The Morgan fingerprint density at radius 1 is 1.08 bits per heavy atom. The molecule has 0 unspecified atom stereocenters. The molecular weight excluding hydrogens is 348 g/mol. The van der Waals surface area contributed by atoms with Crippen molar-refractivity contribution >= 4 is 14.0 Å². The molecule has 1 rings (SSSR count). The number of esters is 1. The Kier molecular flexibility index (Phi) is 8.80. The molecule has 0 aliphatic carbocycles. The first-order valence-corrected chi connectivity index (χ1v) is 11.3. The second-order valence-corrected chi connectivity index (χ2v) is 10.7. The van der Waals surface area contributed by atoms with E-state index in [0.29, 0.717) is 11.5 Å². The predicted molar refractivity (Wildman–Crippen MR) is 105 cm³/mol. The van der Waals surface area contributed by atoms with Crippen LogP contribution in [0.1, 0.15) is 26.3 Å². The molecule has 0 aromatic heterocycles. The van der Waals surface area contributed by atoms with E-state index in [4.69, 9.17) is 18.9 Å². The monoisotopic (exact) mass is 376 g/mol. The van der Waals surface area contributed by atoms with Gasteiger partial charge in [-0.2, -0.15) is 0 Å². The van der Waals surface area contributed by atoms with Crippen LogP contribution >= 0.6 is 0 Å². The highest BCUT2D eigenvalue weighted by atomic mass is 28.3. The number of ether oxygens (including phenoxy) is 4. The topological polar surface area (TPSA) is 54.0 Å². The lowest BCUT2D eigenvalue weighted by atomic mass is 10.2. The van der Waals surface area contributed by atoms with Gasteiger partial charge < -0.3 is 18.9 Å². The zero-order valence-corrected chi connectivity index (χ0v) is 17.5. The molecule has 0 atom stereocenters. The van der Waals surface area contributed by atoms with Crippen molar-refractivity contribution in [2.75, 3.05) is 21.3 Å². The minimum absolute atomic E-state index is 0.0715. The van der Waals surface area contributed by atoms with Crippen molar-refractivity contribution in [2.24, 2.45) is 0 Å². The zero-order chi connectivity index (χ0) is 19.6. The van der Waals surface area contributed by atoms with Crippen LogP contribution in [-0.4, -0.2) is 35.4 Å². The molecule has 0 aliphatic rings. The summed E-state index contributed by atoms with van der Waals surface area (Å²) in [4.78, 5) is 11.8. The van der Waals surface area contributed by atoms with Crippen molar-refractivity contribution in [3.05, 3.63) is 35.8 Å². The van der Waals surface area contributed by atoms with Crippen LogP contribution in [0, 0.1) is 11.5 Å². The van der Waals surface area contributed by atoms with Gasteiger partial charge in [0.1, 0.15) is 14.3 Å². The average Bonchev–Trinajstić information content (AvgIpc) is 2.68. The van der Waals surface area contributed by atoms with Gasteiger partial charge in [0.05, 0.1) is 21.3 Å². The smallest absolute Gasteiger partial charge is 0.377 e. The van der Waals surface area contributed by atoms with E-state index in [-0.39, 0.29) is 5.76 Å². The summed E-state index contributed by atoms with van der Waals surface area (Å²) in [5.41, 5.74) is 4.35. The Morgan fingerprint density at radius 2 is 1.73 bits per heavy atom. The summed E-state index contributed by atoms with van der Waals surface area (Å²) >= 11 is 0. The van der Waals surface area contributed by atoms with E-state index in [1.165, 1.54) is 27.6 Å². The third-order valence-electron chi connectivity index (χ3n) is 4.50. The maximum absolute atomic E-state index is 11.8. The molecule has 0 saturated carbocycles. The van der Waals surface area contributed by atoms with Gasteiger partial charge in [-0.25, -0.2) is 4.79 Å². The lowest BCUT2D eigenvalue weighted by Gasteiger charge is -2.20. The third-order valence-corrected chi connectivity index (χ3v) is 9.21.